The molecule has 0 unspecified atom stereocenters. The van der Waals surface area contributed by atoms with Crippen molar-refractivity contribution >= 4 is 46.1 Å². The molecule has 1 aromatic heterocycles. The molecule has 7 heteroatoms. The molecule has 17 heavy (non-hydrogen) atoms. The van der Waals surface area contributed by atoms with Crippen molar-refractivity contribution in [2.75, 3.05) is 5.75 Å². The molecule has 1 aromatic rings. The topological polar surface area (TPSA) is 50.3 Å². The van der Waals surface area contributed by atoms with Crippen molar-refractivity contribution in [3.63, 3.8) is 0 Å². The van der Waals surface area contributed by atoms with E-state index in [2.05, 4.69) is 4.98 Å². The van der Waals surface area contributed by atoms with Gasteiger partial charge in [-0.25, -0.2) is 4.98 Å². The number of amides is 2. The van der Waals surface area contributed by atoms with Crippen LogP contribution in [0.15, 0.2) is 12.1 Å². The highest BCUT2D eigenvalue weighted by Gasteiger charge is 2.27. The monoisotopic (exact) mass is 290 g/mol. The smallest absolute Gasteiger partial charge is 0.274 e. The summed E-state index contributed by atoms with van der Waals surface area (Å²) in [7, 11) is 0. The summed E-state index contributed by atoms with van der Waals surface area (Å²) < 4.78 is 0. The van der Waals surface area contributed by atoms with Crippen molar-refractivity contribution in [3.8, 4) is 0 Å². The van der Waals surface area contributed by atoms with Gasteiger partial charge in [0, 0.05) is 12.2 Å². The van der Waals surface area contributed by atoms with Gasteiger partial charge in [0.1, 0.15) is 5.15 Å². The number of nitrogens with zero attached hydrogens (tertiary/aromatic N) is 2. The second-order valence-corrected chi connectivity index (χ2v) is 5.25. The summed E-state index contributed by atoms with van der Waals surface area (Å²) in [5.74, 6) is 0.330. The fourth-order valence-electron chi connectivity index (χ4n) is 1.41. The number of carbonyl (C=O) groups excluding carboxylic acids is 2. The molecule has 2 heterocycles. The van der Waals surface area contributed by atoms with E-state index in [0.29, 0.717) is 22.9 Å². The minimum Gasteiger partial charge on any atom is -0.274 e. The summed E-state index contributed by atoms with van der Waals surface area (Å²) in [6.45, 7) is 0.0735. The maximum atomic E-state index is 11.6. The molecular formula is C10H8Cl2N2O2S. The maximum Gasteiger partial charge on any atom is 0.288 e. The van der Waals surface area contributed by atoms with Crippen molar-refractivity contribution in [2.24, 2.45) is 0 Å². The van der Waals surface area contributed by atoms with Crippen molar-refractivity contribution in [2.45, 2.75) is 13.0 Å². The standard InChI is InChI=1S/C10H8Cl2N2O2S/c11-6-1-2-8(12)13-7(6)5-14-9(15)3-4-17-10(14)16/h1-2H,3-5H2. The Kier molecular flexibility index (Phi) is 3.91. The second-order valence-electron chi connectivity index (χ2n) is 3.41. The van der Waals surface area contributed by atoms with Gasteiger partial charge in [-0.15, -0.1) is 0 Å². The molecule has 0 spiro atoms. The van der Waals surface area contributed by atoms with Gasteiger partial charge in [-0.3, -0.25) is 14.5 Å². The van der Waals surface area contributed by atoms with E-state index in [1.165, 1.54) is 0 Å². The summed E-state index contributed by atoms with van der Waals surface area (Å²) in [4.78, 5) is 28.3. The van der Waals surface area contributed by atoms with Gasteiger partial charge in [0.25, 0.3) is 5.24 Å². The van der Waals surface area contributed by atoms with Crippen LogP contribution in [-0.4, -0.2) is 26.8 Å². The fourth-order valence-corrected chi connectivity index (χ4v) is 2.51. The molecule has 1 fully saturated rings. The number of imide groups is 1. The van der Waals surface area contributed by atoms with E-state index in [1.807, 2.05) is 0 Å². The van der Waals surface area contributed by atoms with Crippen LogP contribution in [0.2, 0.25) is 10.2 Å². The minimum atomic E-state index is -0.265. The van der Waals surface area contributed by atoms with Crippen LogP contribution in [0.25, 0.3) is 0 Å². The van der Waals surface area contributed by atoms with Crippen LogP contribution in [0.1, 0.15) is 12.1 Å². The Morgan fingerprint density at radius 2 is 2.12 bits per heavy atom. The molecule has 4 nitrogen and oxygen atoms in total. The molecule has 0 bridgehead atoms. The van der Waals surface area contributed by atoms with Gasteiger partial charge in [0.2, 0.25) is 5.91 Å². The number of rotatable bonds is 2. The van der Waals surface area contributed by atoms with Crippen LogP contribution in [0.5, 0.6) is 0 Å². The first-order valence-corrected chi connectivity index (χ1v) is 6.60. The van der Waals surface area contributed by atoms with E-state index in [-0.39, 0.29) is 22.8 Å². The summed E-state index contributed by atoms with van der Waals surface area (Å²) in [6, 6.07) is 3.15. The Morgan fingerprint density at radius 3 is 2.82 bits per heavy atom. The molecule has 2 rings (SSSR count). The summed E-state index contributed by atoms with van der Waals surface area (Å²) in [6.07, 6.45) is 0.356. The average molecular weight is 291 g/mol. The number of pyridine rings is 1. The largest absolute Gasteiger partial charge is 0.288 e. The molecule has 1 aliphatic rings. The minimum absolute atomic E-state index is 0.0735. The third-order valence-corrected chi connectivity index (χ3v) is 3.69. The number of carbonyl (C=O) groups is 2. The highest BCUT2D eigenvalue weighted by Crippen LogP contribution is 2.23. The SMILES string of the molecule is O=C1CCSC(=O)N1Cc1nc(Cl)ccc1Cl. The first-order valence-electron chi connectivity index (χ1n) is 4.86. The van der Waals surface area contributed by atoms with E-state index in [0.717, 1.165) is 16.7 Å². The first-order chi connectivity index (χ1) is 8.08. The van der Waals surface area contributed by atoms with E-state index in [9.17, 15) is 9.59 Å². The zero-order valence-corrected chi connectivity index (χ0v) is 11.0. The Labute approximate surface area is 112 Å². The number of aromatic nitrogens is 1. The molecular weight excluding hydrogens is 283 g/mol. The van der Waals surface area contributed by atoms with Gasteiger partial charge < -0.3 is 0 Å². The summed E-state index contributed by atoms with van der Waals surface area (Å²) in [5.41, 5.74) is 0.434. The Balaban J connectivity index is 2.21. The van der Waals surface area contributed by atoms with E-state index < -0.39 is 0 Å². The normalized spacial score (nSPS) is 16.5. The second kappa shape index (κ2) is 5.25. The number of halogens is 2. The lowest BCUT2D eigenvalue weighted by molar-refractivity contribution is -0.128. The van der Waals surface area contributed by atoms with Crippen LogP contribution in [0.4, 0.5) is 4.79 Å². The van der Waals surface area contributed by atoms with Gasteiger partial charge in [-0.1, -0.05) is 35.0 Å². The van der Waals surface area contributed by atoms with Crippen LogP contribution < -0.4 is 0 Å². The lowest BCUT2D eigenvalue weighted by atomic mass is 10.3. The lowest BCUT2D eigenvalue weighted by Crippen LogP contribution is -2.37. The van der Waals surface area contributed by atoms with Crippen molar-refractivity contribution in [1.29, 1.82) is 0 Å². The van der Waals surface area contributed by atoms with Crippen LogP contribution in [0.3, 0.4) is 0 Å². The third-order valence-electron chi connectivity index (χ3n) is 2.26. The Bertz CT molecular complexity index is 465. The van der Waals surface area contributed by atoms with Crippen LogP contribution in [0, 0.1) is 0 Å². The molecule has 0 atom stereocenters. The van der Waals surface area contributed by atoms with Gasteiger partial charge in [0.15, 0.2) is 0 Å². The molecule has 0 aromatic carbocycles. The fraction of sp³-hybridized carbons (Fsp3) is 0.300. The van der Waals surface area contributed by atoms with Gasteiger partial charge in [-0.2, -0.15) is 0 Å². The van der Waals surface area contributed by atoms with Gasteiger partial charge >= 0.3 is 0 Å². The molecule has 0 N–H and O–H groups in total. The van der Waals surface area contributed by atoms with Crippen molar-refractivity contribution < 1.29 is 9.59 Å². The highest BCUT2D eigenvalue weighted by molar-refractivity contribution is 8.13. The maximum absolute atomic E-state index is 11.6. The van der Waals surface area contributed by atoms with E-state index in [1.54, 1.807) is 12.1 Å². The van der Waals surface area contributed by atoms with Crippen LogP contribution in [-0.2, 0) is 11.3 Å². The van der Waals surface area contributed by atoms with Crippen LogP contribution >= 0.6 is 35.0 Å². The predicted octanol–water partition coefficient (Wildman–Crippen LogP) is 2.97. The average Bonchev–Trinajstić information content (AvgIpc) is 2.28. The van der Waals surface area contributed by atoms with E-state index >= 15 is 0 Å². The predicted molar refractivity (Wildman–Crippen MR) is 67.3 cm³/mol. The summed E-state index contributed by atoms with van der Waals surface area (Å²) in [5, 5.41) is 0.415. The number of thioether (sulfide) groups is 1. The van der Waals surface area contributed by atoms with Crippen molar-refractivity contribution in [1.82, 2.24) is 9.88 Å². The molecule has 0 radical (unpaired) electrons. The molecule has 90 valence electrons. The third kappa shape index (κ3) is 2.91. The molecule has 1 aliphatic heterocycles. The zero-order chi connectivity index (χ0) is 12.4. The number of hydrogen-bond acceptors (Lipinski definition) is 4. The number of hydrogen-bond donors (Lipinski definition) is 0. The van der Waals surface area contributed by atoms with Gasteiger partial charge in [-0.05, 0) is 12.1 Å². The molecule has 1 saturated heterocycles. The summed E-state index contributed by atoms with van der Waals surface area (Å²) >= 11 is 12.8. The molecule has 2 amide bonds. The van der Waals surface area contributed by atoms with Gasteiger partial charge in [0.05, 0.1) is 17.3 Å². The zero-order valence-electron chi connectivity index (χ0n) is 8.65. The lowest BCUT2D eigenvalue weighted by Gasteiger charge is -2.23. The Morgan fingerprint density at radius 1 is 1.35 bits per heavy atom. The quantitative estimate of drug-likeness (QED) is 0.786. The van der Waals surface area contributed by atoms with E-state index in [4.69, 9.17) is 23.2 Å². The first kappa shape index (κ1) is 12.7. The highest BCUT2D eigenvalue weighted by atomic mass is 35.5. The van der Waals surface area contributed by atoms with Crippen molar-refractivity contribution in [3.05, 3.63) is 28.0 Å². The molecule has 0 saturated carbocycles. The molecule has 0 aliphatic carbocycles. The Hall–Kier alpha value is -0.780.